The van der Waals surface area contributed by atoms with E-state index in [2.05, 4.69) is 0 Å². The molecule has 1 aliphatic heterocycles. The van der Waals surface area contributed by atoms with Gasteiger partial charge in [-0.15, -0.1) is 0 Å². The second-order valence-electron chi connectivity index (χ2n) is 5.42. The Morgan fingerprint density at radius 3 is 2.00 bits per heavy atom. The molecule has 0 atom stereocenters. The summed E-state index contributed by atoms with van der Waals surface area (Å²) in [5, 5.41) is -0.351. The maximum absolute atomic E-state index is 12.6. The molecule has 1 aromatic rings. The number of likely N-dealkylation sites (tertiary alicyclic amines) is 1. The van der Waals surface area contributed by atoms with Crippen molar-refractivity contribution in [1.29, 1.82) is 0 Å². The molecule has 7 heteroatoms. The van der Waals surface area contributed by atoms with Gasteiger partial charge in [-0.1, -0.05) is 0 Å². The summed E-state index contributed by atoms with van der Waals surface area (Å²) >= 11 is 0. The van der Waals surface area contributed by atoms with Crippen molar-refractivity contribution in [3.63, 3.8) is 0 Å². The first-order chi connectivity index (χ1) is 10.3. The predicted octanol–water partition coefficient (Wildman–Crippen LogP) is 1.35. The van der Waals surface area contributed by atoms with E-state index in [9.17, 15) is 13.2 Å². The number of hydrogen-bond acceptors (Lipinski definition) is 5. The smallest absolute Gasteiger partial charge is 0.254 e. The number of carbonyl (C=O) groups excluding carboxylic acids is 1. The van der Waals surface area contributed by atoms with Gasteiger partial charge in [0.15, 0.2) is 0 Å². The predicted molar refractivity (Wildman–Crippen MR) is 83.3 cm³/mol. The molecule has 1 saturated heterocycles. The number of hydrogen-bond donors (Lipinski definition) is 0. The summed E-state index contributed by atoms with van der Waals surface area (Å²) in [5.74, 6) is 0.964. The Kier molecular flexibility index (Phi) is 4.95. The number of benzene rings is 1. The minimum absolute atomic E-state index is 0.135. The highest BCUT2D eigenvalue weighted by Gasteiger charge is 2.29. The average Bonchev–Trinajstić information content (AvgIpc) is 2.52. The normalized spacial score (nSPS) is 16.4. The lowest BCUT2D eigenvalue weighted by Gasteiger charge is -2.31. The summed E-state index contributed by atoms with van der Waals surface area (Å²) in [6.07, 6.45) is 2.21. The Bertz CT molecular complexity index is 626. The van der Waals surface area contributed by atoms with E-state index < -0.39 is 9.84 Å². The molecule has 6 nitrogen and oxygen atoms in total. The van der Waals surface area contributed by atoms with Gasteiger partial charge in [-0.2, -0.15) is 0 Å². The van der Waals surface area contributed by atoms with Crippen LogP contribution in [0.1, 0.15) is 23.2 Å². The van der Waals surface area contributed by atoms with Crippen LogP contribution in [0.3, 0.4) is 0 Å². The van der Waals surface area contributed by atoms with E-state index in [1.807, 2.05) is 0 Å². The van der Waals surface area contributed by atoms with Gasteiger partial charge in [0.2, 0.25) is 0 Å². The summed E-state index contributed by atoms with van der Waals surface area (Å²) in [6, 6.07) is 5.02. The Hall–Kier alpha value is -1.76. The fraction of sp³-hybridized carbons (Fsp3) is 0.533. The molecule has 0 radical (unpaired) electrons. The lowest BCUT2D eigenvalue weighted by molar-refractivity contribution is 0.0725. The molecule has 0 unspecified atom stereocenters. The van der Waals surface area contributed by atoms with Crippen molar-refractivity contribution >= 4 is 15.7 Å². The zero-order chi connectivity index (χ0) is 16.3. The highest BCUT2D eigenvalue weighted by atomic mass is 32.2. The fourth-order valence-electron chi connectivity index (χ4n) is 2.60. The minimum atomic E-state index is -3.04. The Morgan fingerprint density at radius 2 is 1.59 bits per heavy atom. The number of carbonyl (C=O) groups is 1. The molecule has 122 valence electrons. The summed E-state index contributed by atoms with van der Waals surface area (Å²) in [6.45, 7) is 0.881. The van der Waals surface area contributed by atoms with E-state index >= 15 is 0 Å². The molecule has 2 rings (SSSR count). The Balaban J connectivity index is 2.13. The van der Waals surface area contributed by atoms with Gasteiger partial charge in [0.25, 0.3) is 5.91 Å². The third-order valence-corrected chi connectivity index (χ3v) is 5.62. The maximum atomic E-state index is 12.6. The zero-order valence-corrected chi connectivity index (χ0v) is 13.9. The second-order valence-corrected chi connectivity index (χ2v) is 7.75. The van der Waals surface area contributed by atoms with Crippen LogP contribution in [0.15, 0.2) is 18.2 Å². The van der Waals surface area contributed by atoms with E-state index in [0.717, 1.165) is 0 Å². The standard InChI is InChI=1S/C15H21NO5S/c1-20-12-8-11(9-13(10-12)21-2)15(17)16-6-4-14(5-7-16)22(3,18)19/h8-10,14H,4-7H2,1-3H3. The van der Waals surface area contributed by atoms with Gasteiger partial charge in [-0.25, -0.2) is 8.42 Å². The van der Waals surface area contributed by atoms with Crippen LogP contribution in [0.4, 0.5) is 0 Å². The quantitative estimate of drug-likeness (QED) is 0.835. The second kappa shape index (κ2) is 6.56. The Labute approximate surface area is 130 Å². The number of amides is 1. The number of piperidine rings is 1. The fourth-order valence-corrected chi connectivity index (χ4v) is 3.67. The van der Waals surface area contributed by atoms with E-state index in [0.29, 0.717) is 43.0 Å². The topological polar surface area (TPSA) is 72.9 Å². The number of nitrogens with zero attached hydrogens (tertiary/aromatic N) is 1. The molecule has 22 heavy (non-hydrogen) atoms. The monoisotopic (exact) mass is 327 g/mol. The van der Waals surface area contributed by atoms with Crippen molar-refractivity contribution in [2.24, 2.45) is 0 Å². The van der Waals surface area contributed by atoms with Gasteiger partial charge in [-0.3, -0.25) is 4.79 Å². The van der Waals surface area contributed by atoms with Crippen molar-refractivity contribution in [2.75, 3.05) is 33.6 Å². The molecular weight excluding hydrogens is 306 g/mol. The number of ether oxygens (including phenoxy) is 2. The maximum Gasteiger partial charge on any atom is 0.254 e. The van der Waals surface area contributed by atoms with Gasteiger partial charge >= 0.3 is 0 Å². The van der Waals surface area contributed by atoms with Crippen LogP contribution in [-0.2, 0) is 9.84 Å². The van der Waals surface area contributed by atoms with E-state index in [1.54, 1.807) is 23.1 Å². The first-order valence-corrected chi connectivity index (χ1v) is 9.02. The summed E-state index contributed by atoms with van der Waals surface area (Å²) in [4.78, 5) is 14.2. The molecule has 0 N–H and O–H groups in total. The highest BCUT2D eigenvalue weighted by Crippen LogP contribution is 2.25. The van der Waals surface area contributed by atoms with Gasteiger partial charge < -0.3 is 14.4 Å². The van der Waals surface area contributed by atoms with Crippen LogP contribution < -0.4 is 9.47 Å². The third kappa shape index (κ3) is 3.71. The van der Waals surface area contributed by atoms with Crippen molar-refractivity contribution in [3.8, 4) is 11.5 Å². The lowest BCUT2D eigenvalue weighted by atomic mass is 10.1. The van der Waals surface area contributed by atoms with Gasteiger partial charge in [-0.05, 0) is 25.0 Å². The summed E-state index contributed by atoms with van der Waals surface area (Å²) in [5.41, 5.74) is 0.481. The number of rotatable bonds is 4. The van der Waals surface area contributed by atoms with Crippen LogP contribution in [-0.4, -0.2) is 58.0 Å². The van der Waals surface area contributed by atoms with E-state index in [-0.39, 0.29) is 11.2 Å². The molecule has 1 aromatic carbocycles. The molecule has 1 amide bonds. The lowest BCUT2D eigenvalue weighted by Crippen LogP contribution is -2.42. The first kappa shape index (κ1) is 16.6. The van der Waals surface area contributed by atoms with Crippen LogP contribution in [0, 0.1) is 0 Å². The van der Waals surface area contributed by atoms with E-state index in [1.165, 1.54) is 20.5 Å². The first-order valence-electron chi connectivity index (χ1n) is 7.06. The van der Waals surface area contributed by atoms with Crippen molar-refractivity contribution in [3.05, 3.63) is 23.8 Å². The number of sulfone groups is 1. The van der Waals surface area contributed by atoms with Crippen LogP contribution >= 0.6 is 0 Å². The third-order valence-electron chi connectivity index (χ3n) is 3.93. The summed E-state index contributed by atoms with van der Waals surface area (Å²) < 4.78 is 33.5. The van der Waals surface area contributed by atoms with Crippen molar-refractivity contribution in [1.82, 2.24) is 4.90 Å². The molecule has 0 saturated carbocycles. The molecular formula is C15H21NO5S. The van der Waals surface area contributed by atoms with Crippen LogP contribution in [0.2, 0.25) is 0 Å². The average molecular weight is 327 g/mol. The zero-order valence-electron chi connectivity index (χ0n) is 13.0. The molecule has 0 bridgehead atoms. The summed E-state index contributed by atoms with van der Waals surface area (Å²) in [7, 11) is 0.0179. The molecule has 1 heterocycles. The molecule has 0 aliphatic carbocycles. The van der Waals surface area contributed by atoms with Gasteiger partial charge in [0.1, 0.15) is 21.3 Å². The van der Waals surface area contributed by atoms with Gasteiger partial charge in [0, 0.05) is 31.0 Å². The largest absolute Gasteiger partial charge is 0.497 e. The van der Waals surface area contributed by atoms with Crippen LogP contribution in [0.25, 0.3) is 0 Å². The highest BCUT2D eigenvalue weighted by molar-refractivity contribution is 7.91. The molecule has 1 fully saturated rings. The Morgan fingerprint density at radius 1 is 1.09 bits per heavy atom. The molecule has 0 spiro atoms. The molecule has 1 aliphatic rings. The van der Waals surface area contributed by atoms with Crippen molar-refractivity contribution in [2.45, 2.75) is 18.1 Å². The van der Waals surface area contributed by atoms with E-state index in [4.69, 9.17) is 9.47 Å². The minimum Gasteiger partial charge on any atom is -0.497 e. The number of methoxy groups -OCH3 is 2. The molecule has 0 aromatic heterocycles. The SMILES string of the molecule is COc1cc(OC)cc(C(=O)N2CCC(S(C)(=O)=O)CC2)c1. The van der Waals surface area contributed by atoms with Gasteiger partial charge in [0.05, 0.1) is 19.5 Å². The van der Waals surface area contributed by atoms with Crippen molar-refractivity contribution < 1.29 is 22.7 Å². The van der Waals surface area contributed by atoms with Crippen LogP contribution in [0.5, 0.6) is 11.5 Å².